The Morgan fingerprint density at radius 1 is 1.47 bits per heavy atom. The first kappa shape index (κ1) is 15.0. The quantitative estimate of drug-likeness (QED) is 0.709. The van der Waals surface area contributed by atoms with Crippen LogP contribution in [0, 0.1) is 0 Å². The van der Waals surface area contributed by atoms with Gasteiger partial charge in [-0.05, 0) is 22.0 Å². The van der Waals surface area contributed by atoms with Crippen molar-refractivity contribution in [3.63, 3.8) is 0 Å². The van der Waals surface area contributed by atoms with Gasteiger partial charge in [-0.3, -0.25) is 4.79 Å². The molecule has 17 heavy (non-hydrogen) atoms. The normalized spacial score (nSPS) is 11.6. The van der Waals surface area contributed by atoms with E-state index in [2.05, 4.69) is 31.9 Å². The topological polar surface area (TPSA) is 20.3 Å². The Kier molecular flexibility index (Phi) is 5.46. The smallest absolute Gasteiger partial charge is 0.329 e. The number of nitrogens with zero attached hydrogens (tertiary/aromatic N) is 1. The molecular formula is C9H8Br2F3NOS. The Morgan fingerprint density at radius 3 is 2.53 bits per heavy atom. The highest BCUT2D eigenvalue weighted by atomic mass is 79.9. The van der Waals surface area contributed by atoms with Crippen molar-refractivity contribution >= 4 is 49.1 Å². The van der Waals surface area contributed by atoms with E-state index < -0.39 is 18.6 Å². The first-order valence-corrected chi connectivity index (χ1v) is 7.29. The molecule has 1 amide bonds. The van der Waals surface area contributed by atoms with Gasteiger partial charge in [0, 0.05) is 17.3 Å². The van der Waals surface area contributed by atoms with Gasteiger partial charge >= 0.3 is 6.18 Å². The molecule has 0 bridgehead atoms. The number of hydrogen-bond donors (Lipinski definition) is 0. The molecule has 0 unspecified atom stereocenters. The van der Waals surface area contributed by atoms with Gasteiger partial charge in [-0.15, -0.1) is 11.3 Å². The van der Waals surface area contributed by atoms with Crippen molar-refractivity contribution in [1.82, 2.24) is 4.90 Å². The van der Waals surface area contributed by atoms with Gasteiger partial charge < -0.3 is 4.90 Å². The summed E-state index contributed by atoms with van der Waals surface area (Å²) in [7, 11) is 0. The summed E-state index contributed by atoms with van der Waals surface area (Å²) in [5.74, 6) is -0.608. The third-order valence-electron chi connectivity index (χ3n) is 1.83. The van der Waals surface area contributed by atoms with Gasteiger partial charge in [0.25, 0.3) is 5.91 Å². The number of hydrogen-bond acceptors (Lipinski definition) is 2. The zero-order valence-corrected chi connectivity index (χ0v) is 12.4. The second-order valence-electron chi connectivity index (χ2n) is 3.17. The second-order valence-corrected chi connectivity index (χ2v) is 6.25. The van der Waals surface area contributed by atoms with Gasteiger partial charge in [-0.25, -0.2) is 0 Å². The summed E-state index contributed by atoms with van der Waals surface area (Å²) >= 11 is 7.46. The van der Waals surface area contributed by atoms with E-state index in [4.69, 9.17) is 0 Å². The predicted molar refractivity (Wildman–Crippen MR) is 67.8 cm³/mol. The molecule has 1 aromatic heterocycles. The van der Waals surface area contributed by atoms with Crippen molar-refractivity contribution in [2.75, 3.05) is 18.4 Å². The summed E-state index contributed by atoms with van der Waals surface area (Å²) in [4.78, 5) is 12.6. The fourth-order valence-electron chi connectivity index (χ4n) is 1.18. The SMILES string of the molecule is O=C(c1csc(Br)c1)N(CCBr)CC(F)(F)F. The highest BCUT2D eigenvalue weighted by Crippen LogP contribution is 2.23. The predicted octanol–water partition coefficient (Wildman–Crippen LogP) is 3.91. The lowest BCUT2D eigenvalue weighted by Gasteiger charge is -2.22. The number of amides is 1. The Morgan fingerprint density at radius 2 is 2.12 bits per heavy atom. The molecule has 0 N–H and O–H groups in total. The minimum atomic E-state index is -4.38. The Bertz CT molecular complexity index is 394. The Balaban J connectivity index is 2.80. The summed E-state index contributed by atoms with van der Waals surface area (Å²) < 4.78 is 37.6. The summed E-state index contributed by atoms with van der Waals surface area (Å²) in [6.45, 7) is -1.21. The van der Waals surface area contributed by atoms with Crippen LogP contribution >= 0.6 is 43.2 Å². The molecule has 0 saturated carbocycles. The van der Waals surface area contributed by atoms with E-state index in [1.54, 1.807) is 0 Å². The summed E-state index contributed by atoms with van der Waals surface area (Å²) in [6, 6.07) is 1.52. The van der Waals surface area contributed by atoms with E-state index >= 15 is 0 Å². The molecule has 1 rings (SSSR count). The molecule has 0 aliphatic rings. The highest BCUT2D eigenvalue weighted by Gasteiger charge is 2.33. The fraction of sp³-hybridized carbons (Fsp3) is 0.444. The van der Waals surface area contributed by atoms with E-state index in [1.807, 2.05) is 0 Å². The van der Waals surface area contributed by atoms with Gasteiger partial charge in [0.1, 0.15) is 6.54 Å². The fourth-order valence-corrected chi connectivity index (χ4v) is 2.73. The highest BCUT2D eigenvalue weighted by molar-refractivity contribution is 9.11. The minimum Gasteiger partial charge on any atom is -0.329 e. The van der Waals surface area contributed by atoms with Crippen LogP contribution in [0.3, 0.4) is 0 Å². The molecule has 1 aromatic rings. The van der Waals surface area contributed by atoms with Crippen molar-refractivity contribution < 1.29 is 18.0 Å². The zero-order chi connectivity index (χ0) is 13.1. The summed E-state index contributed by atoms with van der Waals surface area (Å²) in [5.41, 5.74) is 0.270. The average molecular weight is 395 g/mol. The molecule has 0 saturated heterocycles. The van der Waals surface area contributed by atoms with Crippen molar-refractivity contribution in [2.24, 2.45) is 0 Å². The number of halogens is 5. The van der Waals surface area contributed by atoms with E-state index in [1.165, 1.54) is 22.8 Å². The number of rotatable bonds is 4. The number of thiophene rings is 1. The lowest BCUT2D eigenvalue weighted by molar-refractivity contribution is -0.140. The molecule has 0 spiro atoms. The van der Waals surface area contributed by atoms with Crippen molar-refractivity contribution in [3.8, 4) is 0 Å². The van der Waals surface area contributed by atoms with Crippen LogP contribution in [0.15, 0.2) is 15.2 Å². The maximum Gasteiger partial charge on any atom is 0.406 e. The third-order valence-corrected chi connectivity index (χ3v) is 3.69. The van der Waals surface area contributed by atoms with Crippen molar-refractivity contribution in [2.45, 2.75) is 6.18 Å². The summed E-state index contributed by atoms with van der Waals surface area (Å²) in [5, 5.41) is 1.84. The number of carbonyl (C=O) groups excluding carboxylic acids is 1. The molecule has 8 heteroatoms. The second kappa shape index (κ2) is 6.19. The van der Waals surface area contributed by atoms with Gasteiger partial charge in [0.05, 0.1) is 9.35 Å². The summed E-state index contributed by atoms with van der Waals surface area (Å²) in [6.07, 6.45) is -4.38. The average Bonchev–Trinajstić information content (AvgIpc) is 2.61. The first-order valence-electron chi connectivity index (χ1n) is 4.49. The molecule has 0 aliphatic carbocycles. The molecule has 0 aromatic carbocycles. The molecule has 0 atom stereocenters. The number of carbonyl (C=O) groups is 1. The van der Waals surface area contributed by atoms with Crippen LogP contribution < -0.4 is 0 Å². The molecular weight excluding hydrogens is 387 g/mol. The van der Waals surface area contributed by atoms with Crippen molar-refractivity contribution in [3.05, 3.63) is 20.8 Å². The number of alkyl halides is 4. The molecule has 0 radical (unpaired) electrons. The van der Waals surface area contributed by atoms with E-state index in [-0.39, 0.29) is 12.1 Å². The van der Waals surface area contributed by atoms with Crippen LogP contribution in [0.4, 0.5) is 13.2 Å². The largest absolute Gasteiger partial charge is 0.406 e. The van der Waals surface area contributed by atoms with Crippen LogP contribution in [0.1, 0.15) is 10.4 Å². The first-order chi connectivity index (χ1) is 7.83. The maximum absolute atomic E-state index is 12.3. The molecule has 2 nitrogen and oxygen atoms in total. The molecule has 96 valence electrons. The van der Waals surface area contributed by atoms with Crippen LogP contribution in [-0.2, 0) is 0 Å². The lowest BCUT2D eigenvalue weighted by atomic mass is 10.3. The monoisotopic (exact) mass is 393 g/mol. The Hall–Kier alpha value is -0.0800. The van der Waals surface area contributed by atoms with Crippen LogP contribution in [0.2, 0.25) is 0 Å². The van der Waals surface area contributed by atoms with E-state index in [9.17, 15) is 18.0 Å². The maximum atomic E-state index is 12.3. The zero-order valence-electron chi connectivity index (χ0n) is 8.43. The van der Waals surface area contributed by atoms with Crippen LogP contribution in [-0.4, -0.2) is 35.4 Å². The molecule has 1 heterocycles. The minimum absolute atomic E-state index is 0.0197. The van der Waals surface area contributed by atoms with Gasteiger partial charge in [-0.1, -0.05) is 15.9 Å². The van der Waals surface area contributed by atoms with Gasteiger partial charge in [0.2, 0.25) is 0 Å². The van der Waals surface area contributed by atoms with E-state index in [0.29, 0.717) is 9.12 Å². The molecule has 0 aliphatic heterocycles. The van der Waals surface area contributed by atoms with Crippen molar-refractivity contribution in [1.29, 1.82) is 0 Å². The van der Waals surface area contributed by atoms with Crippen LogP contribution in [0.5, 0.6) is 0 Å². The van der Waals surface area contributed by atoms with Crippen LogP contribution in [0.25, 0.3) is 0 Å². The van der Waals surface area contributed by atoms with E-state index in [0.717, 1.165) is 4.90 Å². The molecule has 0 fully saturated rings. The third kappa shape index (κ3) is 4.97. The Labute approximate surface area is 117 Å². The lowest BCUT2D eigenvalue weighted by Crippen LogP contribution is -2.39. The van der Waals surface area contributed by atoms with Gasteiger partial charge in [-0.2, -0.15) is 13.2 Å². The van der Waals surface area contributed by atoms with Gasteiger partial charge in [0.15, 0.2) is 0 Å². The standard InChI is InChI=1S/C9H8Br2F3NOS/c10-1-2-15(5-9(12,13)14)8(16)6-3-7(11)17-4-6/h3-4H,1-2,5H2.